The summed E-state index contributed by atoms with van der Waals surface area (Å²) in [6.45, 7) is 3.12. The van der Waals surface area contributed by atoms with Crippen molar-refractivity contribution in [2.45, 2.75) is 31.0 Å². The molecule has 3 atom stereocenters. The van der Waals surface area contributed by atoms with Gasteiger partial charge in [-0.25, -0.2) is 0 Å². The van der Waals surface area contributed by atoms with Crippen LogP contribution < -0.4 is 5.32 Å². The number of hydrogen-bond donors (Lipinski definition) is 1. The minimum absolute atomic E-state index is 0.433. The maximum absolute atomic E-state index is 5.57. The van der Waals surface area contributed by atoms with E-state index in [1.807, 2.05) is 0 Å². The summed E-state index contributed by atoms with van der Waals surface area (Å²) in [5.41, 5.74) is 0. The van der Waals surface area contributed by atoms with Gasteiger partial charge in [-0.2, -0.15) is 0 Å². The summed E-state index contributed by atoms with van der Waals surface area (Å²) in [5.74, 6) is 0.613. The van der Waals surface area contributed by atoms with Crippen LogP contribution in [-0.2, 0) is 14.2 Å². The minimum atomic E-state index is 0.433. The van der Waals surface area contributed by atoms with Gasteiger partial charge in [-0.05, 0) is 12.8 Å². The van der Waals surface area contributed by atoms with E-state index in [0.29, 0.717) is 30.9 Å². The Bertz CT molecular complexity index is 194. The lowest BCUT2D eigenvalue weighted by Gasteiger charge is -2.30. The number of ether oxygens (including phenoxy) is 3. The van der Waals surface area contributed by atoms with Gasteiger partial charge in [0.15, 0.2) is 0 Å². The van der Waals surface area contributed by atoms with Crippen molar-refractivity contribution in [2.75, 3.05) is 26.6 Å². The predicted molar refractivity (Wildman–Crippen MR) is 49.9 cm³/mol. The van der Waals surface area contributed by atoms with Crippen molar-refractivity contribution in [3.63, 3.8) is 0 Å². The number of fused-ring (bicyclic) bond motifs is 1. The van der Waals surface area contributed by atoms with Crippen LogP contribution in [-0.4, -0.2) is 44.8 Å². The van der Waals surface area contributed by atoms with Crippen LogP contribution >= 0.6 is 0 Å². The SMILES string of the molecule is C1OCC2CC(NC3COC3)CC2O1. The first-order valence-electron chi connectivity index (χ1n) is 5.45. The molecule has 3 unspecified atom stereocenters. The van der Waals surface area contributed by atoms with Crippen molar-refractivity contribution in [1.82, 2.24) is 5.32 Å². The molecule has 1 aliphatic carbocycles. The normalized spacial score (nSPS) is 43.3. The van der Waals surface area contributed by atoms with Crippen molar-refractivity contribution in [3.8, 4) is 0 Å². The Morgan fingerprint density at radius 2 is 1.86 bits per heavy atom. The van der Waals surface area contributed by atoms with Crippen LogP contribution in [0.2, 0.25) is 0 Å². The molecular formula is C10H17NO3. The van der Waals surface area contributed by atoms with E-state index in [1.165, 1.54) is 6.42 Å². The summed E-state index contributed by atoms with van der Waals surface area (Å²) in [5, 5.41) is 3.61. The molecule has 2 saturated heterocycles. The summed E-state index contributed by atoms with van der Waals surface area (Å²) in [4.78, 5) is 0. The second-order valence-corrected chi connectivity index (χ2v) is 4.52. The van der Waals surface area contributed by atoms with Crippen LogP contribution in [0, 0.1) is 5.92 Å². The number of rotatable bonds is 2. The highest BCUT2D eigenvalue weighted by atomic mass is 16.7. The Labute approximate surface area is 83.9 Å². The van der Waals surface area contributed by atoms with Gasteiger partial charge in [-0.3, -0.25) is 0 Å². The highest BCUT2D eigenvalue weighted by molar-refractivity contribution is 4.91. The first-order chi connectivity index (χ1) is 6.92. The molecule has 0 aromatic rings. The van der Waals surface area contributed by atoms with Gasteiger partial charge in [0.25, 0.3) is 0 Å². The Morgan fingerprint density at radius 3 is 2.57 bits per heavy atom. The third-order valence-electron chi connectivity index (χ3n) is 3.44. The largest absolute Gasteiger partial charge is 0.378 e. The lowest BCUT2D eigenvalue weighted by Crippen LogP contribution is -2.49. The monoisotopic (exact) mass is 199 g/mol. The van der Waals surface area contributed by atoms with Crippen molar-refractivity contribution in [3.05, 3.63) is 0 Å². The average molecular weight is 199 g/mol. The summed E-state index contributed by atoms with van der Waals surface area (Å²) >= 11 is 0. The molecule has 80 valence electrons. The van der Waals surface area contributed by atoms with Gasteiger partial charge < -0.3 is 19.5 Å². The first kappa shape index (κ1) is 9.09. The zero-order valence-corrected chi connectivity index (χ0v) is 8.28. The van der Waals surface area contributed by atoms with Gasteiger partial charge in [0.05, 0.1) is 32.0 Å². The van der Waals surface area contributed by atoms with Crippen molar-refractivity contribution < 1.29 is 14.2 Å². The van der Waals surface area contributed by atoms with Gasteiger partial charge in [-0.15, -0.1) is 0 Å². The lowest BCUT2D eigenvalue weighted by atomic mass is 10.1. The summed E-state index contributed by atoms with van der Waals surface area (Å²) in [6.07, 6.45) is 2.77. The zero-order chi connectivity index (χ0) is 9.38. The average Bonchev–Trinajstić information content (AvgIpc) is 2.53. The van der Waals surface area contributed by atoms with Crippen LogP contribution in [0.25, 0.3) is 0 Å². The molecule has 3 rings (SSSR count). The molecular weight excluding hydrogens is 182 g/mol. The molecule has 0 radical (unpaired) electrons. The van der Waals surface area contributed by atoms with E-state index >= 15 is 0 Å². The van der Waals surface area contributed by atoms with E-state index in [0.717, 1.165) is 26.2 Å². The van der Waals surface area contributed by atoms with Crippen LogP contribution in [0.1, 0.15) is 12.8 Å². The maximum atomic E-state index is 5.57. The second-order valence-electron chi connectivity index (χ2n) is 4.52. The smallest absolute Gasteiger partial charge is 0.147 e. The fourth-order valence-electron chi connectivity index (χ4n) is 2.60. The van der Waals surface area contributed by atoms with E-state index in [1.54, 1.807) is 0 Å². The molecule has 3 aliphatic rings. The van der Waals surface area contributed by atoms with Crippen molar-refractivity contribution in [1.29, 1.82) is 0 Å². The predicted octanol–water partition coefficient (Wildman–Crippen LogP) is 0.126. The Kier molecular flexibility index (Phi) is 2.45. The molecule has 0 aromatic carbocycles. The molecule has 2 aliphatic heterocycles. The topological polar surface area (TPSA) is 39.7 Å². The quantitative estimate of drug-likeness (QED) is 0.686. The summed E-state index contributed by atoms with van der Waals surface area (Å²) in [7, 11) is 0. The molecule has 3 fully saturated rings. The van der Waals surface area contributed by atoms with E-state index in [2.05, 4.69) is 5.32 Å². The summed E-state index contributed by atoms with van der Waals surface area (Å²) < 4.78 is 16.0. The molecule has 14 heavy (non-hydrogen) atoms. The van der Waals surface area contributed by atoms with E-state index in [9.17, 15) is 0 Å². The van der Waals surface area contributed by atoms with E-state index in [-0.39, 0.29) is 0 Å². The van der Waals surface area contributed by atoms with Crippen LogP contribution in [0.3, 0.4) is 0 Å². The summed E-state index contributed by atoms with van der Waals surface area (Å²) in [6, 6.07) is 1.20. The van der Waals surface area contributed by atoms with E-state index in [4.69, 9.17) is 14.2 Å². The highest BCUT2D eigenvalue weighted by Gasteiger charge is 2.38. The van der Waals surface area contributed by atoms with Gasteiger partial charge >= 0.3 is 0 Å². The number of hydrogen-bond acceptors (Lipinski definition) is 4. The number of nitrogens with one attached hydrogen (secondary N) is 1. The van der Waals surface area contributed by atoms with Gasteiger partial charge in [0, 0.05) is 12.0 Å². The van der Waals surface area contributed by atoms with Gasteiger partial charge in [-0.1, -0.05) is 0 Å². The first-order valence-corrected chi connectivity index (χ1v) is 5.45. The fourth-order valence-corrected chi connectivity index (χ4v) is 2.60. The zero-order valence-electron chi connectivity index (χ0n) is 8.28. The molecule has 0 aromatic heterocycles. The second kappa shape index (κ2) is 3.77. The lowest BCUT2D eigenvalue weighted by molar-refractivity contribution is -0.159. The van der Waals surface area contributed by atoms with Gasteiger partial charge in [0.2, 0.25) is 0 Å². The highest BCUT2D eigenvalue weighted by Crippen LogP contribution is 2.31. The van der Waals surface area contributed by atoms with Crippen LogP contribution in [0.4, 0.5) is 0 Å². The third-order valence-corrected chi connectivity index (χ3v) is 3.44. The van der Waals surface area contributed by atoms with Crippen LogP contribution in [0.5, 0.6) is 0 Å². The molecule has 0 bridgehead atoms. The molecule has 0 amide bonds. The third kappa shape index (κ3) is 1.67. The molecule has 4 nitrogen and oxygen atoms in total. The Balaban J connectivity index is 1.52. The van der Waals surface area contributed by atoms with Crippen molar-refractivity contribution >= 4 is 0 Å². The maximum Gasteiger partial charge on any atom is 0.147 e. The molecule has 0 spiro atoms. The van der Waals surface area contributed by atoms with Gasteiger partial charge in [0.1, 0.15) is 6.79 Å². The molecule has 1 saturated carbocycles. The Morgan fingerprint density at radius 1 is 0.929 bits per heavy atom. The fraction of sp³-hybridized carbons (Fsp3) is 1.00. The Hall–Kier alpha value is -0.160. The van der Waals surface area contributed by atoms with Crippen molar-refractivity contribution in [2.24, 2.45) is 5.92 Å². The standard InChI is InChI=1S/C10H17NO3/c1-7-3-13-6-14-10(7)2-8(1)11-9-4-12-5-9/h7-11H,1-6H2. The molecule has 4 heteroatoms. The molecule has 2 heterocycles. The van der Waals surface area contributed by atoms with E-state index < -0.39 is 0 Å². The molecule has 1 N–H and O–H groups in total. The minimum Gasteiger partial charge on any atom is -0.378 e. The van der Waals surface area contributed by atoms with Crippen LogP contribution in [0.15, 0.2) is 0 Å².